The van der Waals surface area contributed by atoms with Crippen LogP contribution < -0.4 is 10.6 Å². The number of hydrogen-bond donors (Lipinski definition) is 1. The predicted octanol–water partition coefficient (Wildman–Crippen LogP) is 2.11. The summed E-state index contributed by atoms with van der Waals surface area (Å²) in [5.74, 6) is 0. The number of allylic oxidation sites excluding steroid dienone is 1. The van der Waals surface area contributed by atoms with Crippen molar-refractivity contribution in [1.29, 1.82) is 0 Å². The number of thiocarbonyl (C=S) groups is 1. The van der Waals surface area contributed by atoms with Gasteiger partial charge in [-0.05, 0) is 23.8 Å². The summed E-state index contributed by atoms with van der Waals surface area (Å²) in [5.41, 5.74) is 3.15. The molecule has 17 heavy (non-hydrogen) atoms. The number of pyridine rings is 1. The van der Waals surface area contributed by atoms with Crippen molar-refractivity contribution in [3.63, 3.8) is 0 Å². The topological polar surface area (TPSA) is 39.0 Å². The molecule has 0 fully saturated rings. The normalized spacial score (nSPS) is 14.4. The van der Waals surface area contributed by atoms with E-state index in [0.29, 0.717) is 5.11 Å². The third-order valence-electron chi connectivity index (χ3n) is 2.70. The first-order chi connectivity index (χ1) is 8.33. The Bertz CT molecular complexity index is 614. The third kappa shape index (κ3) is 1.99. The molecule has 1 aromatic carbocycles. The van der Waals surface area contributed by atoms with Gasteiger partial charge in [-0.25, -0.2) is 5.32 Å². The van der Waals surface area contributed by atoms with Crippen molar-refractivity contribution in [2.75, 3.05) is 0 Å². The van der Waals surface area contributed by atoms with Crippen molar-refractivity contribution in [3.8, 4) is 0 Å². The molecule has 0 amide bonds. The Kier molecular flexibility index (Phi) is 2.49. The van der Waals surface area contributed by atoms with Gasteiger partial charge in [0.15, 0.2) is 5.11 Å². The minimum absolute atomic E-state index is 0.535. The average Bonchev–Trinajstić information content (AvgIpc) is 2.75. The Hall–Kier alpha value is -1.94. The highest BCUT2D eigenvalue weighted by molar-refractivity contribution is 7.80. The first-order valence-electron chi connectivity index (χ1n) is 5.37. The summed E-state index contributed by atoms with van der Waals surface area (Å²) in [4.78, 5) is 4.42. The first-order valence-corrected chi connectivity index (χ1v) is 5.78. The molecule has 2 aromatic rings. The molecule has 4 heteroatoms. The summed E-state index contributed by atoms with van der Waals surface area (Å²) in [5, 5.41) is 8.85. The summed E-state index contributed by atoms with van der Waals surface area (Å²) in [7, 11) is 0. The van der Waals surface area contributed by atoms with Crippen LogP contribution in [0.25, 0.3) is 10.9 Å². The largest absolute Gasteiger partial charge is 0.336 e. The van der Waals surface area contributed by atoms with Gasteiger partial charge < -0.3 is 5.32 Å². The molecule has 0 saturated carbocycles. The van der Waals surface area contributed by atoms with Gasteiger partial charge in [0.05, 0.1) is 11.2 Å². The molecule has 1 aliphatic rings. The van der Waals surface area contributed by atoms with Crippen molar-refractivity contribution in [3.05, 3.63) is 54.0 Å². The van der Waals surface area contributed by atoms with E-state index in [-0.39, 0.29) is 0 Å². The van der Waals surface area contributed by atoms with E-state index in [9.17, 15) is 0 Å². The van der Waals surface area contributed by atoms with Crippen molar-refractivity contribution >= 4 is 28.2 Å². The van der Waals surface area contributed by atoms with Crippen LogP contribution >= 0.6 is 12.2 Å². The van der Waals surface area contributed by atoms with E-state index < -0.39 is 0 Å². The zero-order chi connectivity index (χ0) is 11.7. The number of hydrogen-bond acceptors (Lipinski definition) is 2. The van der Waals surface area contributed by atoms with E-state index >= 15 is 0 Å². The van der Waals surface area contributed by atoms with Crippen molar-refractivity contribution in [1.82, 2.24) is 15.6 Å². The van der Waals surface area contributed by atoms with Crippen LogP contribution in [-0.2, 0) is 6.42 Å². The van der Waals surface area contributed by atoms with E-state index in [4.69, 9.17) is 12.2 Å². The van der Waals surface area contributed by atoms with Crippen LogP contribution in [0.3, 0.4) is 0 Å². The number of rotatable bonds is 2. The molecular formula is C13H10N3S. The first kappa shape index (κ1) is 10.2. The number of fused-ring (bicyclic) bond motifs is 1. The Morgan fingerprint density at radius 3 is 2.88 bits per heavy atom. The van der Waals surface area contributed by atoms with Gasteiger partial charge in [0.25, 0.3) is 0 Å². The Morgan fingerprint density at radius 2 is 2.06 bits per heavy atom. The van der Waals surface area contributed by atoms with Gasteiger partial charge in [-0.1, -0.05) is 24.3 Å². The fourth-order valence-corrected chi connectivity index (χ4v) is 2.11. The van der Waals surface area contributed by atoms with E-state index in [1.165, 1.54) is 5.56 Å². The highest BCUT2D eigenvalue weighted by Gasteiger charge is 2.12. The molecule has 0 spiro atoms. The van der Waals surface area contributed by atoms with Crippen molar-refractivity contribution < 1.29 is 0 Å². The minimum Gasteiger partial charge on any atom is -0.336 e. The van der Waals surface area contributed by atoms with Crippen molar-refractivity contribution in [2.24, 2.45) is 0 Å². The van der Waals surface area contributed by atoms with Gasteiger partial charge in [0.1, 0.15) is 0 Å². The zero-order valence-corrected chi connectivity index (χ0v) is 9.87. The maximum Gasteiger partial charge on any atom is 0.197 e. The number of benzene rings is 1. The monoisotopic (exact) mass is 240 g/mol. The number of nitrogens with one attached hydrogen (secondary N) is 1. The highest BCUT2D eigenvalue weighted by atomic mass is 32.1. The molecule has 1 aliphatic heterocycles. The molecule has 2 heterocycles. The summed E-state index contributed by atoms with van der Waals surface area (Å²) >= 11 is 4.96. The zero-order valence-electron chi connectivity index (χ0n) is 9.05. The lowest BCUT2D eigenvalue weighted by Crippen LogP contribution is -2.16. The second-order valence-electron chi connectivity index (χ2n) is 3.87. The smallest absolute Gasteiger partial charge is 0.197 e. The second-order valence-corrected chi connectivity index (χ2v) is 4.25. The lowest BCUT2D eigenvalue weighted by Gasteiger charge is -2.05. The van der Waals surface area contributed by atoms with Gasteiger partial charge in [-0.15, -0.1) is 0 Å². The summed E-state index contributed by atoms with van der Waals surface area (Å²) in [6.45, 7) is 0. The van der Waals surface area contributed by atoms with Gasteiger partial charge in [0.2, 0.25) is 0 Å². The Morgan fingerprint density at radius 1 is 1.18 bits per heavy atom. The van der Waals surface area contributed by atoms with E-state index in [1.807, 2.05) is 24.5 Å². The molecule has 0 bridgehead atoms. The second kappa shape index (κ2) is 4.14. The van der Waals surface area contributed by atoms with E-state index in [1.54, 1.807) is 0 Å². The highest BCUT2D eigenvalue weighted by Crippen LogP contribution is 2.19. The molecule has 3 nitrogen and oxygen atoms in total. The van der Waals surface area contributed by atoms with Crippen LogP contribution in [0.4, 0.5) is 0 Å². The average molecular weight is 240 g/mol. The van der Waals surface area contributed by atoms with Gasteiger partial charge in [-0.2, -0.15) is 0 Å². The molecule has 3 rings (SSSR count). The number of nitrogens with zero attached hydrogens (tertiary/aromatic N) is 2. The van der Waals surface area contributed by atoms with Crippen LogP contribution in [0.15, 0.2) is 48.4 Å². The molecule has 0 unspecified atom stereocenters. The molecular weight excluding hydrogens is 230 g/mol. The fourth-order valence-electron chi connectivity index (χ4n) is 1.94. The van der Waals surface area contributed by atoms with Crippen LogP contribution in [0.5, 0.6) is 0 Å². The standard InChI is InChI=1S/C13H10N3S/c17-13-15-8-11(16-13)7-10-4-1-3-9-5-2-6-14-12(9)10/h1-6,8H,7H2,(H,15,17). The van der Waals surface area contributed by atoms with Crippen LogP contribution in [0, 0.1) is 0 Å². The molecule has 0 atom stereocenters. The van der Waals surface area contributed by atoms with Crippen LogP contribution in [-0.4, -0.2) is 10.1 Å². The van der Waals surface area contributed by atoms with Gasteiger partial charge in [-0.3, -0.25) is 4.98 Å². The third-order valence-corrected chi connectivity index (χ3v) is 2.90. The summed E-state index contributed by atoms with van der Waals surface area (Å²) < 4.78 is 0. The maximum atomic E-state index is 4.96. The van der Waals surface area contributed by atoms with Crippen LogP contribution in [0.1, 0.15) is 5.56 Å². The Balaban J connectivity index is 1.98. The SMILES string of the molecule is S=C1[N]C(Cc2cccc3cccnc23)=CN1. The molecule has 0 saturated heterocycles. The van der Waals surface area contributed by atoms with E-state index in [0.717, 1.165) is 23.0 Å². The van der Waals surface area contributed by atoms with Crippen molar-refractivity contribution in [2.45, 2.75) is 6.42 Å². The minimum atomic E-state index is 0.535. The maximum absolute atomic E-state index is 4.96. The lowest BCUT2D eigenvalue weighted by atomic mass is 10.1. The number of para-hydroxylation sites is 1. The molecule has 83 valence electrons. The quantitative estimate of drug-likeness (QED) is 0.817. The summed E-state index contributed by atoms with van der Waals surface area (Å²) in [6, 6.07) is 10.2. The summed E-state index contributed by atoms with van der Waals surface area (Å²) in [6.07, 6.45) is 4.42. The lowest BCUT2D eigenvalue weighted by molar-refractivity contribution is 1.03. The van der Waals surface area contributed by atoms with Crippen LogP contribution in [0.2, 0.25) is 0 Å². The fraction of sp³-hybridized carbons (Fsp3) is 0.0769. The Labute approximate surface area is 105 Å². The molecule has 1 radical (unpaired) electrons. The predicted molar refractivity (Wildman–Crippen MR) is 71.4 cm³/mol. The molecule has 1 N–H and O–H groups in total. The molecule has 0 aliphatic carbocycles. The molecule has 1 aromatic heterocycles. The van der Waals surface area contributed by atoms with Gasteiger partial charge in [0, 0.05) is 24.2 Å². The van der Waals surface area contributed by atoms with E-state index in [2.05, 4.69) is 33.8 Å². The van der Waals surface area contributed by atoms with Gasteiger partial charge >= 0.3 is 0 Å². The number of aromatic nitrogens is 1.